The number of hydrogen-bond donors (Lipinski definition) is 1. The van der Waals surface area contributed by atoms with Gasteiger partial charge in [-0.1, -0.05) is 6.07 Å². The van der Waals surface area contributed by atoms with E-state index in [9.17, 15) is 4.79 Å². The van der Waals surface area contributed by atoms with Crippen LogP contribution in [0.4, 0.5) is 5.82 Å². The van der Waals surface area contributed by atoms with Crippen molar-refractivity contribution in [3.05, 3.63) is 53.0 Å². The maximum atomic E-state index is 11.3. The SMILES string of the molecule is NC(=O)c1cnc2c(c1)CC1(C=Nc3ncccc31)C2.O.O.O. The third kappa shape index (κ3) is 2.59. The van der Waals surface area contributed by atoms with E-state index in [1.165, 1.54) is 0 Å². The molecule has 0 saturated carbocycles. The van der Waals surface area contributed by atoms with Crippen LogP contribution in [0, 0.1) is 0 Å². The summed E-state index contributed by atoms with van der Waals surface area (Å²) in [5.74, 6) is 0.346. The molecular formula is C15H18N4O4. The largest absolute Gasteiger partial charge is 0.412 e. The second-order valence-corrected chi connectivity index (χ2v) is 5.34. The smallest absolute Gasteiger partial charge is 0.250 e. The number of hydrogen-bond acceptors (Lipinski definition) is 4. The molecule has 1 aliphatic carbocycles. The molecule has 8 N–H and O–H groups in total. The molecule has 0 radical (unpaired) electrons. The Morgan fingerprint density at radius 2 is 1.96 bits per heavy atom. The first-order chi connectivity index (χ1) is 9.68. The van der Waals surface area contributed by atoms with Gasteiger partial charge in [0.25, 0.3) is 0 Å². The Bertz CT molecular complexity index is 778. The van der Waals surface area contributed by atoms with Crippen molar-refractivity contribution in [2.75, 3.05) is 0 Å². The Balaban J connectivity index is 0.000000882. The Hall–Kier alpha value is -2.68. The molecule has 1 unspecified atom stereocenters. The molecule has 8 nitrogen and oxygen atoms in total. The minimum atomic E-state index is -0.441. The summed E-state index contributed by atoms with van der Waals surface area (Å²) in [6.45, 7) is 0. The van der Waals surface area contributed by atoms with Crippen molar-refractivity contribution < 1.29 is 21.2 Å². The van der Waals surface area contributed by atoms with Gasteiger partial charge in [0, 0.05) is 41.7 Å². The first-order valence-corrected chi connectivity index (χ1v) is 6.46. The molecule has 1 aliphatic heterocycles. The van der Waals surface area contributed by atoms with E-state index < -0.39 is 5.91 Å². The maximum Gasteiger partial charge on any atom is 0.250 e. The summed E-state index contributed by atoms with van der Waals surface area (Å²) in [7, 11) is 0. The van der Waals surface area contributed by atoms with Crippen LogP contribution in [-0.4, -0.2) is 38.5 Å². The Morgan fingerprint density at radius 3 is 2.70 bits per heavy atom. The van der Waals surface area contributed by atoms with E-state index in [4.69, 9.17) is 5.73 Å². The Kier molecular flexibility index (Phi) is 4.96. The first-order valence-electron chi connectivity index (χ1n) is 6.46. The number of nitrogens with zero attached hydrogens (tertiary/aromatic N) is 3. The van der Waals surface area contributed by atoms with Crippen LogP contribution in [-0.2, 0) is 18.3 Å². The molecular weight excluding hydrogens is 300 g/mol. The van der Waals surface area contributed by atoms with Gasteiger partial charge < -0.3 is 22.2 Å². The van der Waals surface area contributed by atoms with Crippen molar-refractivity contribution in [2.24, 2.45) is 10.7 Å². The molecule has 0 saturated heterocycles. The molecule has 2 aliphatic rings. The summed E-state index contributed by atoms with van der Waals surface area (Å²) in [5.41, 5.74) is 8.84. The van der Waals surface area contributed by atoms with E-state index in [0.29, 0.717) is 5.56 Å². The standard InChI is InChI=1S/C15H12N4O.3H2O/c16-13(20)10-4-9-5-15(6-12(9)18-7-10)8-19-14-11(15)2-1-3-17-14;;;/h1-4,7-8H,5-6H2,(H2,16,20);3*1H2. The number of primary amides is 1. The zero-order chi connectivity index (χ0) is 13.7. The summed E-state index contributed by atoms with van der Waals surface area (Å²) in [5, 5.41) is 0. The fraction of sp³-hybridized carbons (Fsp3) is 0.200. The average Bonchev–Trinajstić information content (AvgIpc) is 3.00. The lowest BCUT2D eigenvalue weighted by molar-refractivity contribution is 0.1000. The molecule has 0 bridgehead atoms. The summed E-state index contributed by atoms with van der Waals surface area (Å²) >= 11 is 0. The van der Waals surface area contributed by atoms with Crippen LogP contribution in [0.15, 0.2) is 35.6 Å². The molecule has 0 fully saturated rings. The molecule has 2 aromatic heterocycles. The van der Waals surface area contributed by atoms with Crippen molar-refractivity contribution in [3.8, 4) is 0 Å². The molecule has 4 rings (SSSR count). The number of rotatable bonds is 1. The summed E-state index contributed by atoms with van der Waals surface area (Å²) in [6.07, 6.45) is 6.86. The molecule has 2 aromatic rings. The van der Waals surface area contributed by atoms with Crippen molar-refractivity contribution >= 4 is 17.9 Å². The summed E-state index contributed by atoms with van der Waals surface area (Å²) in [6, 6.07) is 5.85. The second-order valence-electron chi connectivity index (χ2n) is 5.34. The highest BCUT2D eigenvalue weighted by Crippen LogP contribution is 2.44. The van der Waals surface area contributed by atoms with Gasteiger partial charge in [-0.05, 0) is 24.1 Å². The van der Waals surface area contributed by atoms with Crippen LogP contribution in [0.3, 0.4) is 0 Å². The average molecular weight is 318 g/mol. The fourth-order valence-corrected chi connectivity index (χ4v) is 3.11. The van der Waals surface area contributed by atoms with Crippen LogP contribution in [0.1, 0.15) is 27.2 Å². The molecule has 0 aromatic carbocycles. The normalized spacial score (nSPS) is 19.1. The molecule has 8 heteroatoms. The third-order valence-electron chi connectivity index (χ3n) is 4.09. The van der Waals surface area contributed by atoms with Gasteiger partial charge >= 0.3 is 0 Å². The fourth-order valence-electron chi connectivity index (χ4n) is 3.11. The van der Waals surface area contributed by atoms with E-state index in [2.05, 4.69) is 21.0 Å². The predicted octanol–water partition coefficient (Wildman–Crippen LogP) is -1.15. The molecule has 122 valence electrons. The van der Waals surface area contributed by atoms with E-state index >= 15 is 0 Å². The number of carbonyl (C=O) groups excluding carboxylic acids is 1. The van der Waals surface area contributed by atoms with E-state index in [1.54, 1.807) is 12.4 Å². The molecule has 23 heavy (non-hydrogen) atoms. The van der Waals surface area contributed by atoms with Crippen molar-refractivity contribution in [2.45, 2.75) is 18.3 Å². The van der Waals surface area contributed by atoms with E-state index in [1.807, 2.05) is 18.3 Å². The maximum absolute atomic E-state index is 11.3. The lowest BCUT2D eigenvalue weighted by Crippen LogP contribution is -2.26. The number of nitrogens with two attached hydrogens (primary N) is 1. The van der Waals surface area contributed by atoms with Gasteiger partial charge in [-0.2, -0.15) is 0 Å². The zero-order valence-corrected chi connectivity index (χ0v) is 12.2. The zero-order valence-electron chi connectivity index (χ0n) is 12.2. The highest BCUT2D eigenvalue weighted by Gasteiger charge is 2.43. The Labute approximate surface area is 132 Å². The van der Waals surface area contributed by atoms with Gasteiger partial charge in [0.1, 0.15) is 0 Å². The number of carbonyl (C=O) groups is 1. The van der Waals surface area contributed by atoms with Crippen LogP contribution in [0.5, 0.6) is 0 Å². The lowest BCUT2D eigenvalue weighted by atomic mass is 9.81. The minimum Gasteiger partial charge on any atom is -0.412 e. The summed E-state index contributed by atoms with van der Waals surface area (Å²) < 4.78 is 0. The topological polar surface area (TPSA) is 176 Å². The van der Waals surface area contributed by atoms with Gasteiger partial charge in [-0.3, -0.25) is 9.78 Å². The van der Waals surface area contributed by atoms with Gasteiger partial charge in [-0.15, -0.1) is 0 Å². The number of aromatic nitrogens is 2. The van der Waals surface area contributed by atoms with E-state index in [-0.39, 0.29) is 21.8 Å². The monoisotopic (exact) mass is 318 g/mol. The van der Waals surface area contributed by atoms with Gasteiger partial charge in [-0.25, -0.2) is 9.98 Å². The van der Waals surface area contributed by atoms with Crippen molar-refractivity contribution in [1.29, 1.82) is 0 Å². The van der Waals surface area contributed by atoms with Crippen LogP contribution >= 0.6 is 0 Å². The molecule has 1 amide bonds. The van der Waals surface area contributed by atoms with Crippen molar-refractivity contribution in [1.82, 2.24) is 9.97 Å². The number of fused-ring (bicyclic) bond motifs is 3. The van der Waals surface area contributed by atoms with Gasteiger partial charge in [0.15, 0.2) is 5.82 Å². The molecule has 1 spiro atoms. The lowest BCUT2D eigenvalue weighted by Gasteiger charge is -2.19. The third-order valence-corrected chi connectivity index (χ3v) is 4.09. The van der Waals surface area contributed by atoms with E-state index in [0.717, 1.165) is 35.5 Å². The number of pyridine rings is 2. The second kappa shape index (κ2) is 6.21. The predicted molar refractivity (Wildman–Crippen MR) is 85.1 cm³/mol. The molecule has 3 heterocycles. The molecule has 1 atom stereocenters. The minimum absolute atomic E-state index is 0. The highest BCUT2D eigenvalue weighted by molar-refractivity contribution is 5.93. The summed E-state index contributed by atoms with van der Waals surface area (Å²) in [4.78, 5) is 24.4. The van der Waals surface area contributed by atoms with Crippen molar-refractivity contribution in [3.63, 3.8) is 0 Å². The van der Waals surface area contributed by atoms with Crippen LogP contribution in [0.25, 0.3) is 0 Å². The Morgan fingerprint density at radius 1 is 1.17 bits per heavy atom. The van der Waals surface area contributed by atoms with Crippen LogP contribution in [0.2, 0.25) is 0 Å². The van der Waals surface area contributed by atoms with Gasteiger partial charge in [0.2, 0.25) is 5.91 Å². The number of amides is 1. The first kappa shape index (κ1) is 18.4. The number of aliphatic imine (C=N–C) groups is 1. The van der Waals surface area contributed by atoms with Crippen LogP contribution < -0.4 is 5.73 Å². The quantitative estimate of drug-likeness (QED) is 0.699. The van der Waals surface area contributed by atoms with Gasteiger partial charge in [0.05, 0.1) is 5.56 Å². The highest BCUT2D eigenvalue weighted by atomic mass is 16.1.